The number of hydrogen-bond acceptors (Lipinski definition) is 6. The molecular weight excluding hydrogens is 416 g/mol. The minimum Gasteiger partial charge on any atom is -0.501 e. The molecule has 2 unspecified atom stereocenters. The Labute approximate surface area is 188 Å². The van der Waals surface area contributed by atoms with Crippen LogP contribution in [0.4, 0.5) is 0 Å². The number of ketones is 2. The van der Waals surface area contributed by atoms with Gasteiger partial charge < -0.3 is 15.7 Å². The Morgan fingerprint density at radius 2 is 1.87 bits per heavy atom. The highest BCUT2D eigenvalue weighted by Gasteiger charge is 2.46. The highest BCUT2D eigenvalue weighted by atomic mass is 32.1. The molecule has 1 aliphatic carbocycles. The molecule has 1 aromatic rings. The van der Waals surface area contributed by atoms with E-state index >= 15 is 0 Å². The topological polar surface area (TPSA) is 78.4 Å². The quantitative estimate of drug-likeness (QED) is 0.558. The summed E-state index contributed by atoms with van der Waals surface area (Å²) in [6.45, 7) is 1.04. The fourth-order valence-corrected chi connectivity index (χ4v) is 5.87. The lowest BCUT2D eigenvalue weighted by Crippen LogP contribution is -2.47. The molecule has 2 fully saturated rings. The van der Waals surface area contributed by atoms with Crippen LogP contribution in [0.5, 0.6) is 0 Å². The van der Waals surface area contributed by atoms with Crippen molar-refractivity contribution < 1.29 is 14.7 Å². The maximum atomic E-state index is 13.2. The highest BCUT2D eigenvalue weighted by molar-refractivity contribution is 7.80. The first-order valence-electron chi connectivity index (χ1n) is 10.8. The van der Waals surface area contributed by atoms with Crippen molar-refractivity contribution in [3.05, 3.63) is 35.4 Å². The third-order valence-electron chi connectivity index (χ3n) is 6.93. The van der Waals surface area contributed by atoms with Crippen LogP contribution in [0.3, 0.4) is 0 Å². The standard InChI is InChI=1S/C23H28N2O3S2/c26-17(8-6-13-5-7-14-3-1-2-4-15(14)11-13)19-18(29)12-25-21(19)22(27)16-9-10-24-20(16)23(28)30/h1-4,13,16,19-21,24-25H,5-12H2,(H,28,30)/t13-,16?,19?,20-,21-/m0/s1. The largest absolute Gasteiger partial charge is 0.501 e. The molecule has 0 amide bonds. The Morgan fingerprint density at radius 3 is 2.63 bits per heavy atom. The average molecular weight is 445 g/mol. The van der Waals surface area contributed by atoms with E-state index in [0.717, 1.165) is 25.7 Å². The zero-order valence-electron chi connectivity index (χ0n) is 16.9. The van der Waals surface area contributed by atoms with Gasteiger partial charge in [-0.15, -0.1) is 0 Å². The van der Waals surface area contributed by atoms with Gasteiger partial charge in [0, 0.05) is 23.7 Å². The van der Waals surface area contributed by atoms with E-state index in [9.17, 15) is 14.7 Å². The van der Waals surface area contributed by atoms with Crippen molar-refractivity contribution in [3.63, 3.8) is 0 Å². The molecule has 7 heteroatoms. The van der Waals surface area contributed by atoms with Gasteiger partial charge in [-0.05, 0) is 67.9 Å². The van der Waals surface area contributed by atoms with Gasteiger partial charge in [0.1, 0.15) is 5.78 Å². The Kier molecular flexibility index (Phi) is 6.72. The lowest BCUT2D eigenvalue weighted by molar-refractivity contribution is -0.129. The first-order valence-corrected chi connectivity index (χ1v) is 11.6. The number of Topliss-reactive ketones (excluding diaryl/α,β-unsaturated/α-hetero) is 2. The minimum atomic E-state index is -0.598. The van der Waals surface area contributed by atoms with Crippen molar-refractivity contribution in [1.29, 1.82) is 0 Å². The lowest BCUT2D eigenvalue weighted by atomic mass is 9.79. The molecule has 3 N–H and O–H groups in total. The van der Waals surface area contributed by atoms with Crippen LogP contribution in [0.15, 0.2) is 24.3 Å². The molecule has 3 aliphatic rings. The molecule has 160 valence electrons. The Morgan fingerprint density at radius 1 is 1.10 bits per heavy atom. The minimum absolute atomic E-state index is 0.0637. The molecule has 4 rings (SSSR count). The van der Waals surface area contributed by atoms with Crippen LogP contribution in [0.1, 0.15) is 36.8 Å². The summed E-state index contributed by atoms with van der Waals surface area (Å²) >= 11 is 10.4. The van der Waals surface area contributed by atoms with E-state index in [1.54, 1.807) is 0 Å². The molecule has 0 radical (unpaired) electrons. The number of rotatable bonds is 7. The van der Waals surface area contributed by atoms with Crippen LogP contribution in [-0.2, 0) is 22.4 Å². The van der Waals surface area contributed by atoms with Gasteiger partial charge >= 0.3 is 0 Å². The van der Waals surface area contributed by atoms with Crippen LogP contribution in [-0.4, -0.2) is 51.8 Å². The predicted octanol–water partition coefficient (Wildman–Crippen LogP) is 2.53. The first-order chi connectivity index (χ1) is 14.5. The zero-order chi connectivity index (χ0) is 21.3. The summed E-state index contributed by atoms with van der Waals surface area (Å²) in [5.74, 6) is -0.457. The highest BCUT2D eigenvalue weighted by Crippen LogP contribution is 2.30. The summed E-state index contributed by atoms with van der Waals surface area (Å²) < 4.78 is 0. The van der Waals surface area contributed by atoms with Crippen LogP contribution < -0.4 is 10.6 Å². The summed E-state index contributed by atoms with van der Waals surface area (Å²) in [6, 6.07) is 7.43. The molecular formula is C23H28N2O3S2. The fraction of sp³-hybridized carbons (Fsp3) is 0.565. The SMILES string of the molecule is O=C(CC[C@@H]1CCc2ccccc2C1)C1C(=S)CN[C@@H]1C(=O)C1CCN[C@@H]1C(O)=S. The third kappa shape index (κ3) is 4.40. The van der Waals surface area contributed by atoms with E-state index in [1.165, 1.54) is 11.1 Å². The molecule has 0 aromatic heterocycles. The molecule has 0 spiro atoms. The molecule has 2 saturated heterocycles. The van der Waals surface area contributed by atoms with Crippen molar-refractivity contribution in [1.82, 2.24) is 10.6 Å². The summed E-state index contributed by atoms with van der Waals surface area (Å²) in [5, 5.41) is 15.8. The number of thiocarbonyl (C=S) groups is 2. The van der Waals surface area contributed by atoms with Crippen LogP contribution in [0, 0.1) is 17.8 Å². The number of aryl methyl sites for hydroxylation is 1. The van der Waals surface area contributed by atoms with E-state index in [-0.39, 0.29) is 16.6 Å². The van der Waals surface area contributed by atoms with E-state index in [1.807, 2.05) is 0 Å². The third-order valence-corrected chi connectivity index (χ3v) is 7.58. The summed E-state index contributed by atoms with van der Waals surface area (Å²) in [4.78, 5) is 26.9. The van der Waals surface area contributed by atoms with Crippen molar-refractivity contribution in [3.8, 4) is 0 Å². The molecule has 2 aliphatic heterocycles. The van der Waals surface area contributed by atoms with Crippen molar-refractivity contribution in [2.24, 2.45) is 17.8 Å². The Hall–Kier alpha value is -1.54. The summed E-state index contributed by atoms with van der Waals surface area (Å²) in [7, 11) is 0. The molecule has 1 aromatic carbocycles. The van der Waals surface area contributed by atoms with Crippen LogP contribution >= 0.6 is 24.4 Å². The number of carbonyl (C=O) groups excluding carboxylic acids is 2. The Bertz CT molecular complexity index is 872. The number of aliphatic hydroxyl groups excluding tert-OH is 1. The fourth-order valence-electron chi connectivity index (χ4n) is 5.28. The number of benzene rings is 1. The number of fused-ring (bicyclic) bond motifs is 1. The second-order valence-electron chi connectivity index (χ2n) is 8.75. The van der Waals surface area contributed by atoms with E-state index in [2.05, 4.69) is 34.9 Å². The first kappa shape index (κ1) is 21.7. The second-order valence-corrected chi connectivity index (χ2v) is 9.70. The lowest BCUT2D eigenvalue weighted by Gasteiger charge is -2.26. The molecule has 0 bridgehead atoms. The monoisotopic (exact) mass is 444 g/mol. The number of carbonyl (C=O) groups is 2. The summed E-state index contributed by atoms with van der Waals surface area (Å²) in [6.07, 6.45) is 5.08. The predicted molar refractivity (Wildman–Crippen MR) is 124 cm³/mol. The van der Waals surface area contributed by atoms with Gasteiger partial charge in [0.05, 0.1) is 18.0 Å². The smallest absolute Gasteiger partial charge is 0.174 e. The number of nitrogens with one attached hydrogen (secondary N) is 2. The van der Waals surface area contributed by atoms with E-state index in [4.69, 9.17) is 24.4 Å². The van der Waals surface area contributed by atoms with Gasteiger partial charge in [0.25, 0.3) is 0 Å². The van der Waals surface area contributed by atoms with Crippen molar-refractivity contribution >= 4 is 45.9 Å². The number of aliphatic hydroxyl groups is 1. The second kappa shape index (κ2) is 9.30. The van der Waals surface area contributed by atoms with Gasteiger partial charge in [-0.2, -0.15) is 0 Å². The molecule has 2 heterocycles. The molecule has 0 saturated carbocycles. The zero-order valence-corrected chi connectivity index (χ0v) is 18.6. The molecule has 30 heavy (non-hydrogen) atoms. The van der Waals surface area contributed by atoms with Crippen LogP contribution in [0.25, 0.3) is 0 Å². The number of hydrogen-bond donors (Lipinski definition) is 3. The maximum Gasteiger partial charge on any atom is 0.174 e. The van der Waals surface area contributed by atoms with Crippen molar-refractivity contribution in [2.75, 3.05) is 13.1 Å². The van der Waals surface area contributed by atoms with Gasteiger partial charge in [-0.25, -0.2) is 0 Å². The average Bonchev–Trinajstić information content (AvgIpc) is 3.38. The maximum absolute atomic E-state index is 13.2. The summed E-state index contributed by atoms with van der Waals surface area (Å²) in [5.41, 5.74) is 2.82. The molecule has 5 nitrogen and oxygen atoms in total. The normalized spacial score (nSPS) is 30.8. The van der Waals surface area contributed by atoms with Gasteiger partial charge in [0.15, 0.2) is 10.8 Å². The van der Waals surface area contributed by atoms with E-state index < -0.39 is 23.9 Å². The van der Waals surface area contributed by atoms with Crippen LogP contribution in [0.2, 0.25) is 0 Å². The van der Waals surface area contributed by atoms with Gasteiger partial charge in [-0.1, -0.05) is 36.5 Å². The molecule has 5 atom stereocenters. The van der Waals surface area contributed by atoms with E-state index in [0.29, 0.717) is 36.7 Å². The van der Waals surface area contributed by atoms with Crippen molar-refractivity contribution in [2.45, 2.75) is 50.6 Å². The van der Waals surface area contributed by atoms with Gasteiger partial charge in [0.2, 0.25) is 0 Å². The van der Waals surface area contributed by atoms with Gasteiger partial charge in [-0.3, -0.25) is 9.59 Å². The Balaban J connectivity index is 1.38.